The van der Waals surface area contributed by atoms with Crippen molar-refractivity contribution >= 4 is 37.9 Å². The molecule has 0 saturated carbocycles. The first-order valence-corrected chi connectivity index (χ1v) is 14.7. The fraction of sp³-hybridized carbons (Fsp3) is 0.394. The predicted octanol–water partition coefficient (Wildman–Crippen LogP) is 5.82. The maximum absolute atomic E-state index is 5.88. The number of unbranched alkanes of at least 4 members (excludes halogenated alkanes) is 1. The molecular formula is C33H41KN2O3S. The second-order valence-corrected chi connectivity index (χ2v) is 10.7. The van der Waals surface area contributed by atoms with E-state index in [9.17, 15) is 0 Å². The molecule has 4 rings (SSSR count). The maximum atomic E-state index is 5.88. The molecule has 1 heterocycles. The van der Waals surface area contributed by atoms with E-state index in [1.165, 1.54) is 32.5 Å². The minimum atomic E-state index is 0. The van der Waals surface area contributed by atoms with E-state index in [1.54, 1.807) is 32.7 Å². The topological polar surface area (TPSA) is 45.0 Å². The Labute approximate surface area is 286 Å². The molecule has 0 amide bonds. The maximum Gasteiger partial charge on any atom is 1.00 e. The number of nitrogens with zero attached hydrogens (tertiary/aromatic N) is 2. The summed E-state index contributed by atoms with van der Waals surface area (Å²) in [5.41, 5.74) is 3.79. The molecule has 4 aromatic rings. The van der Waals surface area contributed by atoms with E-state index in [0.29, 0.717) is 11.5 Å². The zero-order valence-corrected chi connectivity index (χ0v) is 29.1. The molecule has 0 unspecified atom stereocenters. The van der Waals surface area contributed by atoms with Crippen molar-refractivity contribution in [2.45, 2.75) is 46.6 Å². The Balaban J connectivity index is 0.00000441. The Morgan fingerprint density at radius 1 is 0.925 bits per heavy atom. The van der Waals surface area contributed by atoms with Gasteiger partial charge in [0.1, 0.15) is 0 Å². The zero-order chi connectivity index (χ0) is 27.8. The number of rotatable bonds is 14. The summed E-state index contributed by atoms with van der Waals surface area (Å²) in [6.07, 6.45) is 5.50. The van der Waals surface area contributed by atoms with Gasteiger partial charge in [0.2, 0.25) is 5.75 Å². The minimum absolute atomic E-state index is 0. The first-order chi connectivity index (χ1) is 19.1. The molecule has 208 valence electrons. The third-order valence-electron chi connectivity index (χ3n) is 7.10. The van der Waals surface area contributed by atoms with Gasteiger partial charge in [-0.25, -0.2) is 0 Å². The summed E-state index contributed by atoms with van der Waals surface area (Å²) >= 11 is 1.79. The summed E-state index contributed by atoms with van der Waals surface area (Å²) < 4.78 is 18.4. The van der Waals surface area contributed by atoms with Gasteiger partial charge in [0.05, 0.1) is 31.9 Å². The molecule has 0 radical (unpaired) electrons. The largest absolute Gasteiger partial charge is 1.00 e. The van der Waals surface area contributed by atoms with Gasteiger partial charge in [0.25, 0.3) is 0 Å². The van der Waals surface area contributed by atoms with E-state index in [4.69, 9.17) is 14.2 Å². The van der Waals surface area contributed by atoms with Crippen molar-refractivity contribution in [3.05, 3.63) is 75.9 Å². The van der Waals surface area contributed by atoms with Crippen molar-refractivity contribution in [2.75, 3.05) is 41.0 Å². The molecule has 40 heavy (non-hydrogen) atoms. The number of methoxy groups -OCH3 is 3. The van der Waals surface area contributed by atoms with Crippen LogP contribution in [0.5, 0.6) is 17.2 Å². The Morgan fingerprint density at radius 2 is 1.68 bits per heavy atom. The smallest absolute Gasteiger partial charge is 0.662 e. The van der Waals surface area contributed by atoms with Crippen molar-refractivity contribution < 1.29 is 65.6 Å². The van der Waals surface area contributed by atoms with E-state index in [2.05, 4.69) is 85.6 Å². The number of ether oxygens (including phenoxy) is 3. The summed E-state index contributed by atoms with van der Waals surface area (Å²) in [6, 6.07) is 17.5. The Bertz CT molecular complexity index is 1430. The third-order valence-corrected chi connectivity index (χ3v) is 8.36. The van der Waals surface area contributed by atoms with Gasteiger partial charge in [-0.05, 0) is 47.7 Å². The molecule has 7 heteroatoms. The van der Waals surface area contributed by atoms with E-state index in [-0.39, 0.29) is 51.4 Å². The number of benzene rings is 3. The normalized spacial score (nSPS) is 11.5. The Hall–Kier alpha value is -1.58. The molecule has 0 fully saturated rings. The van der Waals surface area contributed by atoms with E-state index in [1.807, 2.05) is 0 Å². The average Bonchev–Trinajstić information content (AvgIpc) is 3.29. The summed E-state index contributed by atoms with van der Waals surface area (Å²) in [6.45, 7) is 10.1. The van der Waals surface area contributed by atoms with E-state index >= 15 is 0 Å². The number of hydrogen-bond acceptors (Lipinski definition) is 5. The number of fused-ring (bicyclic) bond motifs is 2. The van der Waals surface area contributed by atoms with E-state index < -0.39 is 0 Å². The van der Waals surface area contributed by atoms with Crippen molar-refractivity contribution in [3.63, 3.8) is 0 Å². The molecule has 0 aliphatic carbocycles. The molecular weight excluding hydrogens is 544 g/mol. The quantitative estimate of drug-likeness (QED) is 0.138. The van der Waals surface area contributed by atoms with Crippen LogP contribution in [0, 0.1) is 6.92 Å². The van der Waals surface area contributed by atoms with Crippen molar-refractivity contribution in [1.82, 2.24) is 4.90 Å². The van der Waals surface area contributed by atoms with Crippen molar-refractivity contribution in [2.24, 2.45) is 0 Å². The monoisotopic (exact) mass is 584 g/mol. The molecule has 0 aliphatic rings. The Morgan fingerprint density at radius 3 is 2.35 bits per heavy atom. The second-order valence-electron chi connectivity index (χ2n) is 9.65. The van der Waals surface area contributed by atoms with Crippen LogP contribution in [-0.4, -0.2) is 45.9 Å². The van der Waals surface area contributed by atoms with Gasteiger partial charge >= 0.3 is 51.4 Å². The van der Waals surface area contributed by atoms with Gasteiger partial charge in [-0.1, -0.05) is 62.7 Å². The fourth-order valence-corrected chi connectivity index (χ4v) is 6.51. The Kier molecular flexibility index (Phi) is 13.3. The van der Waals surface area contributed by atoms with Crippen LogP contribution in [-0.2, 0) is 6.54 Å². The summed E-state index contributed by atoms with van der Waals surface area (Å²) in [5.74, 6) is 2.04. The number of allylic oxidation sites excluding steroid dienone is 1. The molecule has 3 aromatic carbocycles. The summed E-state index contributed by atoms with van der Waals surface area (Å²) in [7, 11) is 5.03. The zero-order valence-electron chi connectivity index (χ0n) is 25.2. The number of thiophene rings is 1. The second kappa shape index (κ2) is 16.2. The summed E-state index contributed by atoms with van der Waals surface area (Å²) in [5, 5.41) is 8.19. The molecule has 0 bridgehead atoms. The van der Waals surface area contributed by atoms with Crippen LogP contribution < -0.4 is 65.6 Å². The SMILES string of the molecule is CC/C=C(\c1sc2cc(OC)c(OC)c(OC)c2c1C)N(CCCC[N-]CC)Cc1ccc2ccccc2c1.[K+]. The molecule has 1 aromatic heterocycles. The van der Waals surface area contributed by atoms with Crippen LogP contribution in [0.15, 0.2) is 54.6 Å². The predicted molar refractivity (Wildman–Crippen MR) is 167 cm³/mol. The molecule has 5 nitrogen and oxygen atoms in total. The van der Waals surface area contributed by atoms with Crippen molar-refractivity contribution in [1.29, 1.82) is 0 Å². The first kappa shape index (κ1) is 32.9. The van der Waals surface area contributed by atoms with Crippen molar-refractivity contribution in [3.8, 4) is 17.2 Å². The van der Waals surface area contributed by atoms with Gasteiger partial charge in [0.15, 0.2) is 11.5 Å². The van der Waals surface area contributed by atoms with Crippen LogP contribution in [0.1, 0.15) is 49.1 Å². The minimum Gasteiger partial charge on any atom is -0.662 e. The van der Waals surface area contributed by atoms with Crippen LogP contribution >= 0.6 is 11.3 Å². The molecule has 0 spiro atoms. The van der Waals surface area contributed by atoms with Gasteiger partial charge < -0.3 is 24.4 Å². The molecule has 0 aliphatic heterocycles. The molecule has 0 N–H and O–H groups in total. The first-order valence-electron chi connectivity index (χ1n) is 13.8. The number of hydrogen-bond donors (Lipinski definition) is 0. The van der Waals surface area contributed by atoms with Crippen LogP contribution in [0.25, 0.3) is 31.9 Å². The van der Waals surface area contributed by atoms with Gasteiger partial charge in [0, 0.05) is 29.2 Å². The third kappa shape index (κ3) is 7.43. The van der Waals surface area contributed by atoms with Crippen LogP contribution in [0.2, 0.25) is 0 Å². The summed E-state index contributed by atoms with van der Waals surface area (Å²) in [4.78, 5) is 3.82. The fourth-order valence-electron chi connectivity index (χ4n) is 5.20. The van der Waals surface area contributed by atoms with Crippen LogP contribution in [0.4, 0.5) is 0 Å². The van der Waals surface area contributed by atoms with Crippen LogP contribution in [0.3, 0.4) is 0 Å². The van der Waals surface area contributed by atoms with E-state index in [0.717, 1.165) is 61.3 Å². The molecule has 0 saturated heterocycles. The standard InChI is InChI=1S/C33H41N2O3S.K/c1-7-13-27(33-23(3)30-29(39-33)21-28(36-4)31(37-5)32(30)38-6)35(19-12-11-18-34-8-2)22-24-16-17-25-14-9-10-15-26(25)20-24;/h9-10,13-17,20-21H,7-8,11-12,18-19,22H2,1-6H3;/q-1;+1/b27-13+;. The average molecular weight is 585 g/mol. The van der Waals surface area contributed by atoms with Gasteiger partial charge in [-0.15, -0.1) is 17.9 Å². The molecule has 0 atom stereocenters. The van der Waals surface area contributed by atoms with Gasteiger partial charge in [-0.2, -0.15) is 6.54 Å². The van der Waals surface area contributed by atoms with Gasteiger partial charge in [-0.3, -0.25) is 0 Å². The number of aryl methyl sites for hydroxylation is 1.